The van der Waals surface area contributed by atoms with Crippen molar-refractivity contribution in [3.63, 3.8) is 0 Å². The van der Waals surface area contributed by atoms with Crippen LogP contribution in [0.2, 0.25) is 0 Å². The molecule has 0 spiro atoms. The summed E-state index contributed by atoms with van der Waals surface area (Å²) in [5.41, 5.74) is 5.58. The van der Waals surface area contributed by atoms with Gasteiger partial charge in [0.15, 0.2) is 0 Å². The molecule has 2 fully saturated rings. The molecule has 2 aliphatic rings. The predicted molar refractivity (Wildman–Crippen MR) is 71.2 cm³/mol. The van der Waals surface area contributed by atoms with Crippen molar-refractivity contribution in [3.8, 4) is 0 Å². The minimum atomic E-state index is -0.336. The second-order valence-electron chi connectivity index (χ2n) is 5.66. The number of rotatable bonds is 2. The molecular weight excluding hydrogens is 228 g/mol. The van der Waals surface area contributed by atoms with Gasteiger partial charge in [-0.05, 0) is 25.7 Å². The van der Waals surface area contributed by atoms with E-state index in [1.54, 1.807) is 0 Å². The highest BCUT2D eigenvalue weighted by atomic mass is 16.5. The zero-order valence-corrected chi connectivity index (χ0v) is 11.3. The molecule has 0 saturated carbocycles. The van der Waals surface area contributed by atoms with Crippen LogP contribution < -0.4 is 5.73 Å². The fraction of sp³-hybridized carbons (Fsp3) is 0.929. The molecule has 0 aliphatic carbocycles. The lowest BCUT2D eigenvalue weighted by Crippen LogP contribution is -2.51. The molecule has 2 rings (SSSR count). The quantitative estimate of drug-likeness (QED) is 0.813. The van der Waals surface area contributed by atoms with E-state index in [1.165, 1.54) is 19.3 Å². The van der Waals surface area contributed by atoms with Gasteiger partial charge in [-0.25, -0.2) is 0 Å². The second-order valence-corrected chi connectivity index (χ2v) is 5.66. The van der Waals surface area contributed by atoms with E-state index in [4.69, 9.17) is 10.5 Å². The van der Waals surface area contributed by atoms with Crippen LogP contribution in [-0.2, 0) is 9.53 Å². The lowest BCUT2D eigenvalue weighted by atomic mass is 9.78. The Balaban J connectivity index is 2.02. The van der Waals surface area contributed by atoms with E-state index >= 15 is 0 Å². The number of ether oxygens (including phenoxy) is 1. The number of carbonyl (C=O) groups excluding carboxylic acids is 1. The smallest absolute Gasteiger partial charge is 0.230 e. The molecule has 2 aliphatic heterocycles. The Morgan fingerprint density at radius 2 is 1.61 bits per heavy atom. The van der Waals surface area contributed by atoms with Crippen LogP contribution in [0.1, 0.15) is 44.9 Å². The molecule has 0 unspecified atom stereocenters. The zero-order chi connectivity index (χ0) is 12.8. The van der Waals surface area contributed by atoms with Crippen molar-refractivity contribution in [2.75, 3.05) is 32.8 Å². The van der Waals surface area contributed by atoms with Crippen LogP contribution in [0.3, 0.4) is 0 Å². The Bertz CT molecular complexity index is 267. The molecule has 0 atom stereocenters. The number of likely N-dealkylation sites (tertiary alicyclic amines) is 1. The molecular formula is C14H26N2O2. The Kier molecular flexibility index (Phi) is 5.01. The Hall–Kier alpha value is -0.610. The molecule has 2 saturated heterocycles. The SMILES string of the molecule is NCC1(C(=O)N2CCCCCCC2)CCOCC1. The van der Waals surface area contributed by atoms with E-state index < -0.39 is 0 Å². The van der Waals surface area contributed by atoms with Crippen molar-refractivity contribution < 1.29 is 9.53 Å². The first kappa shape index (κ1) is 13.8. The zero-order valence-electron chi connectivity index (χ0n) is 11.3. The predicted octanol–water partition coefficient (Wildman–Crippen LogP) is 1.53. The Labute approximate surface area is 110 Å². The van der Waals surface area contributed by atoms with Gasteiger partial charge in [-0.1, -0.05) is 19.3 Å². The van der Waals surface area contributed by atoms with E-state index in [2.05, 4.69) is 4.90 Å². The highest BCUT2D eigenvalue weighted by molar-refractivity contribution is 5.83. The fourth-order valence-corrected chi connectivity index (χ4v) is 3.05. The maximum absolute atomic E-state index is 12.8. The first-order valence-corrected chi connectivity index (χ1v) is 7.36. The maximum atomic E-state index is 12.8. The first-order chi connectivity index (χ1) is 8.78. The summed E-state index contributed by atoms with van der Waals surface area (Å²) in [6, 6.07) is 0. The van der Waals surface area contributed by atoms with Gasteiger partial charge in [0.2, 0.25) is 5.91 Å². The van der Waals surface area contributed by atoms with Crippen molar-refractivity contribution in [1.82, 2.24) is 4.90 Å². The van der Waals surface area contributed by atoms with Gasteiger partial charge in [0, 0.05) is 32.8 Å². The number of nitrogens with zero attached hydrogens (tertiary/aromatic N) is 1. The van der Waals surface area contributed by atoms with Crippen molar-refractivity contribution in [1.29, 1.82) is 0 Å². The van der Waals surface area contributed by atoms with Crippen LogP contribution in [0.15, 0.2) is 0 Å². The summed E-state index contributed by atoms with van der Waals surface area (Å²) in [6.45, 7) is 3.65. The highest BCUT2D eigenvalue weighted by Crippen LogP contribution is 2.32. The number of hydrogen-bond acceptors (Lipinski definition) is 3. The Morgan fingerprint density at radius 3 is 2.17 bits per heavy atom. The number of nitrogens with two attached hydrogens (primary N) is 1. The van der Waals surface area contributed by atoms with Crippen molar-refractivity contribution in [2.45, 2.75) is 44.9 Å². The summed E-state index contributed by atoms with van der Waals surface area (Å²) in [4.78, 5) is 14.8. The number of amides is 1. The average Bonchev–Trinajstić information content (AvgIpc) is 2.38. The molecule has 4 heteroatoms. The lowest BCUT2D eigenvalue weighted by molar-refractivity contribution is -0.147. The van der Waals surface area contributed by atoms with E-state index in [0.717, 1.165) is 38.8 Å². The summed E-state index contributed by atoms with van der Waals surface area (Å²) in [6.07, 6.45) is 7.69. The van der Waals surface area contributed by atoms with Gasteiger partial charge in [-0.15, -0.1) is 0 Å². The van der Waals surface area contributed by atoms with E-state index in [1.807, 2.05) is 0 Å². The van der Waals surface area contributed by atoms with E-state index in [0.29, 0.717) is 19.8 Å². The van der Waals surface area contributed by atoms with Crippen LogP contribution in [0, 0.1) is 5.41 Å². The van der Waals surface area contributed by atoms with Gasteiger partial charge in [0.05, 0.1) is 5.41 Å². The van der Waals surface area contributed by atoms with Crippen LogP contribution in [0.4, 0.5) is 0 Å². The summed E-state index contributed by atoms with van der Waals surface area (Å²) in [5.74, 6) is 0.287. The van der Waals surface area contributed by atoms with Gasteiger partial charge in [0.25, 0.3) is 0 Å². The van der Waals surface area contributed by atoms with Gasteiger partial charge in [-0.2, -0.15) is 0 Å². The third kappa shape index (κ3) is 3.04. The molecule has 0 radical (unpaired) electrons. The van der Waals surface area contributed by atoms with Gasteiger partial charge < -0.3 is 15.4 Å². The molecule has 2 N–H and O–H groups in total. The van der Waals surface area contributed by atoms with Crippen LogP contribution in [0.25, 0.3) is 0 Å². The van der Waals surface area contributed by atoms with Crippen LogP contribution in [0.5, 0.6) is 0 Å². The molecule has 0 bridgehead atoms. The number of hydrogen-bond donors (Lipinski definition) is 1. The molecule has 18 heavy (non-hydrogen) atoms. The molecule has 104 valence electrons. The third-order valence-corrected chi connectivity index (χ3v) is 4.44. The topological polar surface area (TPSA) is 55.6 Å². The normalized spacial score (nSPS) is 25.3. The van der Waals surface area contributed by atoms with Crippen molar-refractivity contribution in [3.05, 3.63) is 0 Å². The van der Waals surface area contributed by atoms with Crippen LogP contribution >= 0.6 is 0 Å². The minimum absolute atomic E-state index is 0.287. The highest BCUT2D eigenvalue weighted by Gasteiger charge is 2.41. The summed E-state index contributed by atoms with van der Waals surface area (Å²) >= 11 is 0. The molecule has 0 aromatic rings. The maximum Gasteiger partial charge on any atom is 0.230 e. The third-order valence-electron chi connectivity index (χ3n) is 4.44. The van der Waals surface area contributed by atoms with E-state index in [9.17, 15) is 4.79 Å². The number of carbonyl (C=O) groups is 1. The minimum Gasteiger partial charge on any atom is -0.381 e. The monoisotopic (exact) mass is 254 g/mol. The fourth-order valence-electron chi connectivity index (χ4n) is 3.05. The van der Waals surface area contributed by atoms with Gasteiger partial charge in [-0.3, -0.25) is 4.79 Å². The van der Waals surface area contributed by atoms with Crippen LogP contribution in [-0.4, -0.2) is 43.7 Å². The van der Waals surface area contributed by atoms with Gasteiger partial charge in [0.1, 0.15) is 0 Å². The van der Waals surface area contributed by atoms with E-state index in [-0.39, 0.29) is 11.3 Å². The average molecular weight is 254 g/mol. The standard InChI is InChI=1S/C14H26N2O2/c15-12-14(6-10-18-11-7-14)13(17)16-8-4-2-1-3-5-9-16/h1-12,15H2. The summed E-state index contributed by atoms with van der Waals surface area (Å²) < 4.78 is 5.38. The molecule has 0 aromatic carbocycles. The summed E-state index contributed by atoms with van der Waals surface area (Å²) in [7, 11) is 0. The summed E-state index contributed by atoms with van der Waals surface area (Å²) in [5, 5.41) is 0. The molecule has 1 amide bonds. The van der Waals surface area contributed by atoms with Crippen molar-refractivity contribution >= 4 is 5.91 Å². The Morgan fingerprint density at radius 1 is 1.06 bits per heavy atom. The van der Waals surface area contributed by atoms with Gasteiger partial charge >= 0.3 is 0 Å². The molecule has 2 heterocycles. The molecule has 4 nitrogen and oxygen atoms in total. The molecule has 0 aromatic heterocycles. The lowest BCUT2D eigenvalue weighted by Gasteiger charge is -2.39. The first-order valence-electron chi connectivity index (χ1n) is 7.36. The largest absolute Gasteiger partial charge is 0.381 e. The van der Waals surface area contributed by atoms with Crippen molar-refractivity contribution in [2.24, 2.45) is 11.1 Å². The second kappa shape index (κ2) is 6.53.